The maximum atomic E-state index is 12.7. The summed E-state index contributed by atoms with van der Waals surface area (Å²) < 4.78 is 5.17. The average molecular weight is 419 g/mol. The van der Waals surface area contributed by atoms with Gasteiger partial charge in [-0.05, 0) is 55.7 Å². The molecule has 0 saturated carbocycles. The highest BCUT2D eigenvalue weighted by Gasteiger charge is 2.20. The molecule has 162 valence electrons. The van der Waals surface area contributed by atoms with Crippen LogP contribution in [-0.2, 0) is 4.79 Å². The third kappa shape index (κ3) is 5.37. The second-order valence-corrected chi connectivity index (χ2v) is 7.86. The fourth-order valence-corrected chi connectivity index (χ4v) is 3.74. The summed E-state index contributed by atoms with van der Waals surface area (Å²) in [7, 11) is 1.62. The molecule has 1 atom stereocenters. The highest BCUT2D eigenvalue weighted by molar-refractivity contribution is 5.97. The Morgan fingerprint density at radius 2 is 1.81 bits per heavy atom. The maximum Gasteiger partial charge on any atom is 0.263 e. The fraction of sp³-hybridized carbons (Fsp3) is 0.360. The molecule has 6 heteroatoms. The number of ether oxygens (including phenoxy) is 1. The predicted molar refractivity (Wildman–Crippen MR) is 123 cm³/mol. The van der Waals surface area contributed by atoms with E-state index >= 15 is 0 Å². The topological polar surface area (TPSA) is 68.6 Å². The van der Waals surface area contributed by atoms with E-state index in [1.807, 2.05) is 31.2 Å². The number of hydrogen-bond acceptors (Lipinski definition) is 5. The lowest BCUT2D eigenvalue weighted by Gasteiger charge is -2.36. The number of hydrogen-bond donors (Lipinski definition) is 1. The molecule has 1 heterocycles. The van der Waals surface area contributed by atoms with Crippen molar-refractivity contribution in [1.29, 1.82) is 5.26 Å². The number of rotatable bonds is 6. The summed E-state index contributed by atoms with van der Waals surface area (Å²) in [5.74, 6) is 0.405. The first-order valence-corrected chi connectivity index (χ1v) is 10.5. The van der Waals surface area contributed by atoms with Crippen LogP contribution < -0.4 is 15.0 Å². The molecule has 1 aliphatic rings. The molecule has 0 aromatic heterocycles. The molecule has 0 aliphatic carbocycles. The van der Waals surface area contributed by atoms with Gasteiger partial charge in [0.1, 0.15) is 17.4 Å². The van der Waals surface area contributed by atoms with Gasteiger partial charge in [0.25, 0.3) is 5.91 Å². The van der Waals surface area contributed by atoms with Gasteiger partial charge < -0.3 is 19.9 Å². The molecule has 31 heavy (non-hydrogen) atoms. The summed E-state index contributed by atoms with van der Waals surface area (Å²) in [5, 5.41) is 12.5. The molecule has 2 aromatic rings. The van der Waals surface area contributed by atoms with E-state index in [1.54, 1.807) is 13.3 Å². The van der Waals surface area contributed by atoms with Crippen LogP contribution in [0.1, 0.15) is 29.7 Å². The van der Waals surface area contributed by atoms with Gasteiger partial charge in [-0.25, -0.2) is 0 Å². The molecule has 1 N–H and O–H groups in total. The summed E-state index contributed by atoms with van der Waals surface area (Å²) in [6, 6.07) is 15.7. The first-order valence-electron chi connectivity index (χ1n) is 10.5. The van der Waals surface area contributed by atoms with Crippen LogP contribution in [0.4, 0.5) is 5.69 Å². The van der Waals surface area contributed by atoms with Gasteiger partial charge in [-0.1, -0.05) is 24.3 Å². The first kappa shape index (κ1) is 22.2. The number of nitrogens with one attached hydrogen (secondary N) is 1. The maximum absolute atomic E-state index is 12.7. The van der Waals surface area contributed by atoms with Crippen LogP contribution in [0.3, 0.4) is 0 Å². The molecule has 2 aromatic carbocycles. The van der Waals surface area contributed by atoms with E-state index in [-0.39, 0.29) is 17.5 Å². The number of carbonyl (C=O) groups excluding carboxylic acids is 1. The van der Waals surface area contributed by atoms with Crippen molar-refractivity contribution in [1.82, 2.24) is 10.2 Å². The molecule has 0 spiro atoms. The van der Waals surface area contributed by atoms with E-state index in [9.17, 15) is 10.1 Å². The number of benzene rings is 2. The van der Waals surface area contributed by atoms with Crippen molar-refractivity contribution >= 4 is 11.6 Å². The zero-order valence-corrected chi connectivity index (χ0v) is 18.7. The molecule has 1 amide bonds. The Kier molecular flexibility index (Phi) is 7.19. The van der Waals surface area contributed by atoms with Crippen molar-refractivity contribution in [2.24, 2.45) is 0 Å². The number of nitriles is 1. The van der Waals surface area contributed by atoms with Gasteiger partial charge >= 0.3 is 0 Å². The van der Waals surface area contributed by atoms with Crippen molar-refractivity contribution in [2.45, 2.75) is 26.8 Å². The molecule has 1 aliphatic heterocycles. The van der Waals surface area contributed by atoms with Crippen LogP contribution >= 0.6 is 0 Å². The van der Waals surface area contributed by atoms with Crippen LogP contribution in [0.15, 0.2) is 54.2 Å². The van der Waals surface area contributed by atoms with Gasteiger partial charge in [0.05, 0.1) is 13.2 Å². The quantitative estimate of drug-likeness (QED) is 0.572. The Morgan fingerprint density at radius 3 is 2.42 bits per heavy atom. The summed E-state index contributed by atoms with van der Waals surface area (Å²) >= 11 is 0. The number of piperazine rings is 1. The molecule has 3 rings (SSSR count). The minimum absolute atomic E-state index is 0.126. The Balaban J connectivity index is 1.60. The van der Waals surface area contributed by atoms with Crippen LogP contribution in [0.2, 0.25) is 0 Å². The standard InChI is InChI=1S/C25H30N4O2/c1-18-6-5-7-24(19(18)2)29-14-12-28(13-15-29)17-22(16-26)25(30)27-20(3)21-8-10-23(31-4)11-9-21/h5-11,17,20H,12-15H2,1-4H3,(H,27,30)/b22-17-. The van der Waals surface area contributed by atoms with Crippen LogP contribution in [0.5, 0.6) is 5.75 Å². The van der Waals surface area contributed by atoms with Crippen molar-refractivity contribution in [3.63, 3.8) is 0 Å². The lowest BCUT2D eigenvalue weighted by Crippen LogP contribution is -2.44. The molecule has 1 saturated heterocycles. The van der Waals surface area contributed by atoms with Crippen LogP contribution in [0.25, 0.3) is 0 Å². The predicted octanol–water partition coefficient (Wildman–Crippen LogP) is 3.72. The largest absolute Gasteiger partial charge is 0.497 e. The normalized spacial score (nSPS) is 15.3. The van der Waals surface area contributed by atoms with E-state index in [1.165, 1.54) is 16.8 Å². The Labute approximate surface area is 184 Å². The fourth-order valence-electron chi connectivity index (χ4n) is 3.74. The molecular weight excluding hydrogens is 388 g/mol. The van der Waals surface area contributed by atoms with Crippen LogP contribution in [-0.4, -0.2) is 44.1 Å². The minimum atomic E-state index is -0.359. The van der Waals surface area contributed by atoms with Gasteiger partial charge in [-0.2, -0.15) is 5.26 Å². The average Bonchev–Trinajstić information content (AvgIpc) is 2.79. The van der Waals surface area contributed by atoms with E-state index in [0.717, 1.165) is 37.5 Å². The van der Waals surface area contributed by atoms with E-state index in [4.69, 9.17) is 4.74 Å². The molecule has 1 unspecified atom stereocenters. The first-order chi connectivity index (χ1) is 14.9. The van der Waals surface area contributed by atoms with Gasteiger partial charge in [-0.15, -0.1) is 0 Å². The van der Waals surface area contributed by atoms with E-state index < -0.39 is 0 Å². The number of nitrogens with zero attached hydrogens (tertiary/aromatic N) is 3. The Morgan fingerprint density at radius 1 is 1.13 bits per heavy atom. The lowest BCUT2D eigenvalue weighted by molar-refractivity contribution is -0.117. The minimum Gasteiger partial charge on any atom is -0.497 e. The smallest absolute Gasteiger partial charge is 0.263 e. The lowest BCUT2D eigenvalue weighted by atomic mass is 10.1. The number of anilines is 1. The van der Waals surface area contributed by atoms with Gasteiger partial charge in [-0.3, -0.25) is 4.79 Å². The zero-order valence-electron chi connectivity index (χ0n) is 18.7. The number of aryl methyl sites for hydroxylation is 1. The summed E-state index contributed by atoms with van der Waals surface area (Å²) in [5.41, 5.74) is 4.93. The van der Waals surface area contributed by atoms with Crippen molar-refractivity contribution in [3.8, 4) is 11.8 Å². The van der Waals surface area contributed by atoms with Crippen molar-refractivity contribution in [3.05, 3.63) is 70.9 Å². The third-order valence-electron chi connectivity index (χ3n) is 5.87. The van der Waals surface area contributed by atoms with Gasteiger partial charge in [0, 0.05) is 38.1 Å². The molecule has 0 radical (unpaired) electrons. The Bertz CT molecular complexity index is 984. The number of methoxy groups -OCH3 is 1. The van der Waals surface area contributed by atoms with Crippen molar-refractivity contribution in [2.75, 3.05) is 38.2 Å². The summed E-state index contributed by atoms with van der Waals surface area (Å²) in [4.78, 5) is 17.1. The second kappa shape index (κ2) is 10.0. The van der Waals surface area contributed by atoms with Crippen molar-refractivity contribution < 1.29 is 9.53 Å². The number of amides is 1. The van der Waals surface area contributed by atoms with E-state index in [0.29, 0.717) is 0 Å². The zero-order chi connectivity index (χ0) is 22.4. The van der Waals surface area contributed by atoms with E-state index in [2.05, 4.69) is 53.2 Å². The second-order valence-electron chi connectivity index (χ2n) is 7.86. The Hall–Kier alpha value is -3.46. The van der Waals surface area contributed by atoms with Gasteiger partial charge in [0.2, 0.25) is 0 Å². The van der Waals surface area contributed by atoms with Gasteiger partial charge in [0.15, 0.2) is 0 Å². The monoisotopic (exact) mass is 418 g/mol. The summed E-state index contributed by atoms with van der Waals surface area (Å²) in [6.45, 7) is 9.41. The third-order valence-corrected chi connectivity index (χ3v) is 5.87. The molecule has 1 fully saturated rings. The van der Waals surface area contributed by atoms with Crippen LogP contribution in [0, 0.1) is 25.2 Å². The molecular formula is C25H30N4O2. The SMILES string of the molecule is COc1ccc(C(C)NC(=O)/C(C#N)=C\N2CCN(c3cccc(C)c3C)CC2)cc1. The molecule has 6 nitrogen and oxygen atoms in total. The highest BCUT2D eigenvalue weighted by Crippen LogP contribution is 2.24. The number of carbonyl (C=O) groups is 1. The highest BCUT2D eigenvalue weighted by atomic mass is 16.5. The summed E-state index contributed by atoms with van der Waals surface area (Å²) in [6.07, 6.45) is 1.69. The molecule has 0 bridgehead atoms.